The van der Waals surface area contributed by atoms with E-state index in [4.69, 9.17) is 0 Å². The molecular formula is C30H60. The summed E-state index contributed by atoms with van der Waals surface area (Å²) in [5.74, 6) is 0. The van der Waals surface area contributed by atoms with Crippen molar-refractivity contribution in [2.45, 2.75) is 181 Å². The van der Waals surface area contributed by atoms with E-state index in [-0.39, 0.29) is 0 Å². The Labute approximate surface area is 193 Å². The summed E-state index contributed by atoms with van der Waals surface area (Å²) < 4.78 is 0. The maximum atomic E-state index is 2.44. The molecule has 0 aromatic carbocycles. The Bertz CT molecular complexity index is 303. The topological polar surface area (TPSA) is 0 Å². The van der Waals surface area contributed by atoms with Gasteiger partial charge in [-0.15, -0.1) is 0 Å². The first-order valence-electron chi connectivity index (χ1n) is 14.6. The van der Waals surface area contributed by atoms with E-state index >= 15 is 0 Å². The molecule has 0 heteroatoms. The number of hydrogen-bond donors (Lipinski definition) is 0. The highest BCUT2D eigenvalue weighted by Gasteiger charge is 1.95. The van der Waals surface area contributed by atoms with E-state index in [9.17, 15) is 0 Å². The largest absolute Gasteiger partial charge is 0.0885 e. The molecule has 0 nitrogen and oxygen atoms in total. The highest BCUT2D eigenvalue weighted by atomic mass is 14.0. The molecule has 0 N–H and O–H groups in total. The molecule has 30 heavy (non-hydrogen) atoms. The van der Waals surface area contributed by atoms with Crippen LogP contribution in [0.2, 0.25) is 0 Å². The van der Waals surface area contributed by atoms with Crippen LogP contribution in [-0.4, -0.2) is 0 Å². The average Bonchev–Trinajstić information content (AvgIpc) is 2.76. The molecule has 0 aromatic rings. The quantitative estimate of drug-likeness (QED) is 0.0963. The SMILES string of the molecule is CCCCCCCCC=CCCCCCCCCCCCCCCCCCCCC. The van der Waals surface area contributed by atoms with Gasteiger partial charge in [-0.1, -0.05) is 167 Å². The van der Waals surface area contributed by atoms with Crippen LogP contribution in [0.15, 0.2) is 12.2 Å². The summed E-state index contributed by atoms with van der Waals surface area (Å²) in [5, 5.41) is 0. The Hall–Kier alpha value is -0.260. The van der Waals surface area contributed by atoms with Gasteiger partial charge in [-0.3, -0.25) is 0 Å². The molecule has 0 rings (SSSR count). The molecule has 0 spiro atoms. The molecule has 0 saturated carbocycles. The van der Waals surface area contributed by atoms with Crippen LogP contribution in [0.25, 0.3) is 0 Å². The predicted molar refractivity (Wildman–Crippen MR) is 141 cm³/mol. The maximum absolute atomic E-state index is 2.44. The number of rotatable bonds is 26. The van der Waals surface area contributed by atoms with Crippen LogP contribution in [0.1, 0.15) is 181 Å². The van der Waals surface area contributed by atoms with E-state index in [0.717, 1.165) is 0 Å². The Morgan fingerprint density at radius 2 is 0.467 bits per heavy atom. The van der Waals surface area contributed by atoms with Crippen molar-refractivity contribution in [2.75, 3.05) is 0 Å². The molecular weight excluding hydrogens is 360 g/mol. The zero-order chi connectivity index (χ0) is 21.8. The van der Waals surface area contributed by atoms with Crippen LogP contribution in [0.5, 0.6) is 0 Å². The van der Waals surface area contributed by atoms with E-state index < -0.39 is 0 Å². The lowest BCUT2D eigenvalue weighted by Gasteiger charge is -2.03. The van der Waals surface area contributed by atoms with Gasteiger partial charge in [-0.2, -0.15) is 0 Å². The first kappa shape index (κ1) is 29.7. The van der Waals surface area contributed by atoms with Gasteiger partial charge in [0.15, 0.2) is 0 Å². The second-order valence-corrected chi connectivity index (χ2v) is 9.83. The number of hydrogen-bond acceptors (Lipinski definition) is 0. The summed E-state index contributed by atoms with van der Waals surface area (Å²) in [4.78, 5) is 0. The Kier molecular flexibility index (Phi) is 28.5. The maximum Gasteiger partial charge on any atom is -0.0351 e. The Morgan fingerprint density at radius 1 is 0.267 bits per heavy atom. The van der Waals surface area contributed by atoms with Gasteiger partial charge >= 0.3 is 0 Å². The van der Waals surface area contributed by atoms with E-state index in [0.29, 0.717) is 0 Å². The van der Waals surface area contributed by atoms with E-state index in [1.165, 1.54) is 167 Å². The van der Waals surface area contributed by atoms with Crippen molar-refractivity contribution in [3.63, 3.8) is 0 Å². The minimum absolute atomic E-state index is 1.31. The number of unbranched alkanes of at least 4 members (excludes halogenated alkanes) is 24. The highest BCUT2D eigenvalue weighted by Crippen LogP contribution is 2.15. The van der Waals surface area contributed by atoms with Crippen LogP contribution >= 0.6 is 0 Å². The van der Waals surface area contributed by atoms with Crippen LogP contribution in [-0.2, 0) is 0 Å². The molecule has 180 valence electrons. The lowest BCUT2D eigenvalue weighted by atomic mass is 10.0. The summed E-state index contributed by atoms with van der Waals surface area (Å²) in [7, 11) is 0. The van der Waals surface area contributed by atoms with Gasteiger partial charge in [0, 0.05) is 0 Å². The fourth-order valence-corrected chi connectivity index (χ4v) is 4.44. The molecule has 0 amide bonds. The minimum Gasteiger partial charge on any atom is -0.0885 e. The Balaban J connectivity index is 3.04. The summed E-state index contributed by atoms with van der Waals surface area (Å²) in [5.41, 5.74) is 0. The van der Waals surface area contributed by atoms with Gasteiger partial charge in [-0.05, 0) is 25.7 Å². The third kappa shape index (κ3) is 27.7. The molecule has 0 saturated heterocycles. The molecule has 0 aliphatic rings. The molecule has 0 unspecified atom stereocenters. The second kappa shape index (κ2) is 28.7. The van der Waals surface area contributed by atoms with Gasteiger partial charge in [-0.25, -0.2) is 0 Å². The smallest absolute Gasteiger partial charge is 0.0351 e. The van der Waals surface area contributed by atoms with E-state index in [1.807, 2.05) is 0 Å². The van der Waals surface area contributed by atoms with E-state index in [2.05, 4.69) is 26.0 Å². The zero-order valence-corrected chi connectivity index (χ0v) is 21.5. The number of allylic oxidation sites excluding steroid dienone is 2. The lowest BCUT2D eigenvalue weighted by molar-refractivity contribution is 0.525. The third-order valence-electron chi connectivity index (χ3n) is 6.62. The van der Waals surface area contributed by atoms with Crippen LogP contribution in [0.3, 0.4) is 0 Å². The fraction of sp³-hybridized carbons (Fsp3) is 0.933. The van der Waals surface area contributed by atoms with Crippen molar-refractivity contribution in [3.8, 4) is 0 Å². The standard InChI is InChI=1S/C30H60/c1-3-5-7-9-11-13-15-17-19-21-23-25-27-29-30-28-26-24-22-20-18-16-14-12-10-8-6-4-2/h17,19H,3-16,18,20-30H2,1-2H3. The average molecular weight is 421 g/mol. The Morgan fingerprint density at radius 3 is 0.700 bits per heavy atom. The molecule has 0 bridgehead atoms. The summed E-state index contributed by atoms with van der Waals surface area (Å²) in [6, 6.07) is 0. The molecule has 0 aliphatic heterocycles. The van der Waals surface area contributed by atoms with Gasteiger partial charge < -0.3 is 0 Å². The molecule has 0 atom stereocenters. The van der Waals surface area contributed by atoms with Crippen molar-refractivity contribution in [1.29, 1.82) is 0 Å². The monoisotopic (exact) mass is 420 g/mol. The summed E-state index contributed by atoms with van der Waals surface area (Å²) in [6.45, 7) is 4.60. The zero-order valence-electron chi connectivity index (χ0n) is 21.5. The lowest BCUT2D eigenvalue weighted by Crippen LogP contribution is -1.84. The first-order chi connectivity index (χ1) is 14.9. The van der Waals surface area contributed by atoms with Crippen molar-refractivity contribution in [2.24, 2.45) is 0 Å². The van der Waals surface area contributed by atoms with Gasteiger partial charge in [0.2, 0.25) is 0 Å². The van der Waals surface area contributed by atoms with Crippen molar-refractivity contribution in [1.82, 2.24) is 0 Å². The van der Waals surface area contributed by atoms with Gasteiger partial charge in [0.25, 0.3) is 0 Å². The summed E-state index contributed by atoms with van der Waals surface area (Å²) in [6.07, 6.45) is 42.4. The normalized spacial score (nSPS) is 11.7. The molecule has 0 aromatic heterocycles. The highest BCUT2D eigenvalue weighted by molar-refractivity contribution is 4.81. The van der Waals surface area contributed by atoms with Gasteiger partial charge in [0.1, 0.15) is 0 Å². The summed E-state index contributed by atoms with van der Waals surface area (Å²) >= 11 is 0. The second-order valence-electron chi connectivity index (χ2n) is 9.83. The van der Waals surface area contributed by atoms with Gasteiger partial charge in [0.05, 0.1) is 0 Å². The fourth-order valence-electron chi connectivity index (χ4n) is 4.44. The molecule has 0 aliphatic carbocycles. The van der Waals surface area contributed by atoms with Crippen molar-refractivity contribution in [3.05, 3.63) is 12.2 Å². The molecule has 0 radical (unpaired) electrons. The van der Waals surface area contributed by atoms with Crippen LogP contribution in [0.4, 0.5) is 0 Å². The van der Waals surface area contributed by atoms with Crippen molar-refractivity contribution < 1.29 is 0 Å². The first-order valence-corrected chi connectivity index (χ1v) is 14.6. The third-order valence-corrected chi connectivity index (χ3v) is 6.62. The predicted octanol–water partition coefficient (Wildman–Crippen LogP) is 11.7. The van der Waals surface area contributed by atoms with Crippen molar-refractivity contribution >= 4 is 0 Å². The molecule has 0 fully saturated rings. The van der Waals surface area contributed by atoms with E-state index in [1.54, 1.807) is 0 Å². The molecule has 0 heterocycles. The van der Waals surface area contributed by atoms with Crippen LogP contribution in [0, 0.1) is 0 Å². The minimum atomic E-state index is 1.31. The van der Waals surface area contributed by atoms with Crippen LogP contribution < -0.4 is 0 Å².